The first kappa shape index (κ1) is 21.6. The van der Waals surface area contributed by atoms with Crippen molar-refractivity contribution in [3.8, 4) is 5.69 Å². The number of hydrogen-bond donors (Lipinski definition) is 0. The summed E-state index contributed by atoms with van der Waals surface area (Å²) in [6, 6.07) is 10.8. The average Bonchev–Trinajstić information content (AvgIpc) is 3.33. The number of nitrogens with zero attached hydrogens (tertiary/aromatic N) is 4. The van der Waals surface area contributed by atoms with Crippen LogP contribution >= 0.6 is 0 Å². The fourth-order valence-electron chi connectivity index (χ4n) is 5.29. The Morgan fingerprint density at radius 3 is 2.36 bits per heavy atom. The zero-order valence-electron chi connectivity index (χ0n) is 20.6. The normalized spacial score (nSPS) is 13.9. The van der Waals surface area contributed by atoms with Crippen LogP contribution in [0.3, 0.4) is 0 Å². The second-order valence-electron chi connectivity index (χ2n) is 9.80. The van der Waals surface area contributed by atoms with Crippen molar-refractivity contribution in [2.24, 2.45) is 7.05 Å². The lowest BCUT2D eigenvalue weighted by atomic mass is 9.51. The van der Waals surface area contributed by atoms with E-state index < -0.39 is 0 Å². The van der Waals surface area contributed by atoms with Gasteiger partial charge in [-0.25, -0.2) is 14.1 Å². The van der Waals surface area contributed by atoms with Gasteiger partial charge in [0.25, 0.3) is 0 Å². The number of aromatic nitrogens is 3. The molecule has 5 rings (SSSR count). The summed E-state index contributed by atoms with van der Waals surface area (Å²) in [5.74, 6) is 1.73. The molecule has 4 heterocycles. The van der Waals surface area contributed by atoms with E-state index in [2.05, 4.69) is 110 Å². The number of benzene rings is 1. The van der Waals surface area contributed by atoms with Gasteiger partial charge in [-0.05, 0) is 44.0 Å². The number of aryl methyl sites for hydroxylation is 1. The molecule has 0 amide bonds. The summed E-state index contributed by atoms with van der Waals surface area (Å²) in [4.78, 5) is 6.79. The van der Waals surface area contributed by atoms with Gasteiger partial charge in [0.05, 0.1) is 18.1 Å². The minimum absolute atomic E-state index is 0.0683. The van der Waals surface area contributed by atoms with Crippen molar-refractivity contribution in [3.63, 3.8) is 0 Å². The maximum absolute atomic E-state index is 6.10. The number of para-hydroxylation sites is 1. The molecule has 5 nitrogen and oxygen atoms in total. The molecule has 0 N–H and O–H groups in total. The van der Waals surface area contributed by atoms with E-state index in [1.165, 1.54) is 28.0 Å². The highest BCUT2D eigenvalue weighted by Crippen LogP contribution is 2.38. The van der Waals surface area contributed by atoms with Gasteiger partial charge in [-0.1, -0.05) is 51.4 Å². The molecule has 0 radical (unpaired) electrons. The van der Waals surface area contributed by atoms with E-state index in [1.54, 1.807) is 6.20 Å². The first-order chi connectivity index (χ1) is 15.8. The zero-order valence-corrected chi connectivity index (χ0v) is 20.6. The zero-order chi connectivity index (χ0) is 23.4. The Kier molecular flexibility index (Phi) is 5.19. The van der Waals surface area contributed by atoms with Crippen molar-refractivity contribution in [1.29, 1.82) is 0 Å². The van der Waals surface area contributed by atoms with Crippen LogP contribution < -0.4 is 15.1 Å². The summed E-state index contributed by atoms with van der Waals surface area (Å²) in [6.07, 6.45) is 8.35. The lowest BCUT2D eigenvalue weighted by Gasteiger charge is -2.29. The second kappa shape index (κ2) is 7.94. The van der Waals surface area contributed by atoms with Gasteiger partial charge in [0.15, 0.2) is 5.76 Å². The van der Waals surface area contributed by atoms with Crippen LogP contribution in [0.4, 0.5) is 5.69 Å². The van der Waals surface area contributed by atoms with Gasteiger partial charge in [0.1, 0.15) is 18.1 Å². The molecule has 0 aliphatic carbocycles. The van der Waals surface area contributed by atoms with Crippen molar-refractivity contribution in [1.82, 2.24) is 9.55 Å². The van der Waals surface area contributed by atoms with Gasteiger partial charge >= 0.3 is 6.85 Å². The molecule has 3 aromatic heterocycles. The van der Waals surface area contributed by atoms with Gasteiger partial charge in [-0.15, -0.1) is 0 Å². The van der Waals surface area contributed by atoms with Crippen molar-refractivity contribution in [2.45, 2.75) is 46.5 Å². The molecule has 1 aliphatic rings. The number of hydrogen-bond acceptors (Lipinski definition) is 3. The van der Waals surface area contributed by atoms with Crippen LogP contribution in [0.25, 0.3) is 22.9 Å². The number of fused-ring (bicyclic) bond motifs is 3. The highest BCUT2D eigenvalue weighted by molar-refractivity contribution is 6.82. The topological polar surface area (TPSA) is 38.1 Å². The maximum atomic E-state index is 6.10. The standard InChI is InChI=1S/C27H32BN4O/c1-17(2)20-10-8-11-21(18(3)4)24(20)32-15-14-30(6)27(32)28-19(5)16-23-25(31(28)7)22-12-9-13-29-26(22)33-23/h8-18H,1-7H3/q+1. The first-order valence-corrected chi connectivity index (χ1v) is 11.8. The predicted molar refractivity (Wildman–Crippen MR) is 137 cm³/mol. The second-order valence-corrected chi connectivity index (χ2v) is 9.80. The van der Waals surface area contributed by atoms with E-state index in [4.69, 9.17) is 4.42 Å². The lowest BCUT2D eigenvalue weighted by molar-refractivity contribution is -0.653. The molecular formula is C27H32BN4O+. The Hall–Kier alpha value is -3.28. The average molecular weight is 439 g/mol. The van der Waals surface area contributed by atoms with Gasteiger partial charge in [-0.3, -0.25) is 0 Å². The highest BCUT2D eigenvalue weighted by Gasteiger charge is 2.42. The SMILES string of the molecule is CC1=Cc2oc3ncccc3c2N(C)B1c1n(-c2c(C(C)C)cccc2C(C)C)cc[n+]1C. The first-order valence-electron chi connectivity index (χ1n) is 11.8. The molecule has 1 aliphatic heterocycles. The molecule has 1 aromatic carbocycles. The number of allylic oxidation sites excluding steroid dienone is 1. The summed E-state index contributed by atoms with van der Waals surface area (Å²) in [5, 5.41) is 1.05. The monoisotopic (exact) mass is 439 g/mol. The van der Waals surface area contributed by atoms with Crippen molar-refractivity contribution in [2.75, 3.05) is 11.9 Å². The molecule has 0 saturated heterocycles. The molecule has 0 bridgehead atoms. The van der Waals surface area contributed by atoms with Gasteiger partial charge < -0.3 is 9.23 Å². The molecule has 0 spiro atoms. The van der Waals surface area contributed by atoms with E-state index in [0.29, 0.717) is 17.5 Å². The Morgan fingerprint density at radius 2 is 1.70 bits per heavy atom. The minimum atomic E-state index is 0.0683. The minimum Gasteiger partial charge on any atom is -0.436 e. The van der Waals surface area contributed by atoms with Crippen LogP contribution in [0.1, 0.15) is 63.3 Å². The quantitative estimate of drug-likeness (QED) is 0.333. The van der Waals surface area contributed by atoms with E-state index in [-0.39, 0.29) is 6.85 Å². The Balaban J connectivity index is 1.74. The molecule has 4 aromatic rings. The van der Waals surface area contributed by atoms with Gasteiger partial charge in [0.2, 0.25) is 11.4 Å². The summed E-state index contributed by atoms with van der Waals surface area (Å²) in [5.41, 5.74) is 8.31. The van der Waals surface area contributed by atoms with E-state index in [1.807, 2.05) is 6.07 Å². The molecule has 0 unspecified atom stereocenters. The van der Waals surface area contributed by atoms with Crippen molar-refractivity contribution >= 4 is 35.4 Å². The van der Waals surface area contributed by atoms with Crippen LogP contribution in [0.15, 0.2) is 58.8 Å². The number of imidazole rings is 1. The summed E-state index contributed by atoms with van der Waals surface area (Å²) in [7, 11) is 4.31. The molecule has 168 valence electrons. The molecule has 33 heavy (non-hydrogen) atoms. The van der Waals surface area contributed by atoms with Gasteiger partial charge in [0, 0.05) is 17.3 Å². The summed E-state index contributed by atoms with van der Waals surface area (Å²) >= 11 is 0. The molecular weight excluding hydrogens is 407 g/mol. The van der Waals surface area contributed by atoms with E-state index >= 15 is 0 Å². The summed E-state index contributed by atoms with van der Waals surface area (Å²) in [6.45, 7) is 11.4. The molecule has 0 saturated carbocycles. The fourth-order valence-corrected chi connectivity index (χ4v) is 5.29. The Bertz CT molecular complexity index is 1350. The van der Waals surface area contributed by atoms with Crippen molar-refractivity contribution in [3.05, 3.63) is 71.3 Å². The van der Waals surface area contributed by atoms with Crippen LogP contribution in [0, 0.1) is 0 Å². The van der Waals surface area contributed by atoms with Crippen LogP contribution in [0.5, 0.6) is 0 Å². The van der Waals surface area contributed by atoms with Crippen LogP contribution in [-0.4, -0.2) is 23.4 Å². The third-order valence-electron chi connectivity index (χ3n) is 6.87. The third-order valence-corrected chi connectivity index (χ3v) is 6.87. The van der Waals surface area contributed by atoms with E-state index in [9.17, 15) is 0 Å². The molecule has 0 atom stereocenters. The third kappa shape index (κ3) is 3.31. The number of furan rings is 1. The van der Waals surface area contributed by atoms with E-state index in [0.717, 1.165) is 16.8 Å². The van der Waals surface area contributed by atoms with Gasteiger partial charge in [-0.2, -0.15) is 0 Å². The smallest absolute Gasteiger partial charge is 0.423 e. The number of pyridine rings is 1. The largest absolute Gasteiger partial charge is 0.436 e. The molecule has 6 heteroatoms. The maximum Gasteiger partial charge on any atom is 0.423 e. The van der Waals surface area contributed by atoms with Crippen molar-refractivity contribution < 1.29 is 8.98 Å². The highest BCUT2D eigenvalue weighted by atomic mass is 16.3. The lowest BCUT2D eigenvalue weighted by Crippen LogP contribution is -2.63. The summed E-state index contributed by atoms with van der Waals surface area (Å²) < 4.78 is 10.8. The Labute approximate surface area is 196 Å². The van der Waals surface area contributed by atoms with Crippen LogP contribution in [0.2, 0.25) is 0 Å². The number of rotatable bonds is 4. The fraction of sp³-hybridized carbons (Fsp3) is 0.333. The van der Waals surface area contributed by atoms with Crippen LogP contribution in [-0.2, 0) is 7.05 Å². The number of anilines is 1. The Morgan fingerprint density at radius 1 is 1.00 bits per heavy atom. The predicted octanol–water partition coefficient (Wildman–Crippen LogP) is 4.98. The molecule has 0 fully saturated rings.